The highest BCUT2D eigenvalue weighted by Crippen LogP contribution is 2.34. The summed E-state index contributed by atoms with van der Waals surface area (Å²) in [6.07, 6.45) is 7.51. The average Bonchev–Trinajstić information content (AvgIpc) is 3.60. The normalized spacial score (nSPS) is 12.2. The number of aromatic amines is 2. The van der Waals surface area contributed by atoms with Crippen LogP contribution in [0.3, 0.4) is 0 Å². The third kappa shape index (κ3) is 4.97. The van der Waals surface area contributed by atoms with Crippen LogP contribution in [0.1, 0.15) is 41.9 Å². The highest BCUT2D eigenvalue weighted by molar-refractivity contribution is 7.13. The summed E-state index contributed by atoms with van der Waals surface area (Å²) in [6, 6.07) is 12.6. The van der Waals surface area contributed by atoms with E-state index in [-0.39, 0.29) is 5.41 Å². The largest absolute Gasteiger partial charge is 0.358 e. The van der Waals surface area contributed by atoms with Crippen molar-refractivity contribution < 1.29 is 0 Å². The third-order valence-corrected chi connectivity index (χ3v) is 7.52. The number of hydrogen-bond acceptors (Lipinski definition) is 5. The summed E-state index contributed by atoms with van der Waals surface area (Å²) in [5.74, 6) is 0.721. The maximum Gasteiger partial charge on any atom is 0.159 e. The summed E-state index contributed by atoms with van der Waals surface area (Å²) in [5.41, 5.74) is 8.49. The molecule has 6 nitrogen and oxygen atoms in total. The zero-order valence-electron chi connectivity index (χ0n) is 22.4. The molecule has 0 spiro atoms. The van der Waals surface area contributed by atoms with Crippen LogP contribution < -0.4 is 5.32 Å². The maximum atomic E-state index is 5.00. The van der Waals surface area contributed by atoms with E-state index in [0.717, 1.165) is 66.8 Å². The van der Waals surface area contributed by atoms with Crippen molar-refractivity contribution in [3.05, 3.63) is 101 Å². The van der Waals surface area contributed by atoms with Crippen molar-refractivity contribution >= 4 is 33.5 Å². The van der Waals surface area contributed by atoms with E-state index in [1.54, 1.807) is 11.3 Å². The van der Waals surface area contributed by atoms with E-state index in [0.29, 0.717) is 0 Å². The molecule has 0 unspecified atom stereocenters. The molecule has 5 aromatic rings. The van der Waals surface area contributed by atoms with Gasteiger partial charge >= 0.3 is 0 Å². The number of aryl methyl sites for hydroxylation is 2. The van der Waals surface area contributed by atoms with Crippen molar-refractivity contribution in [2.24, 2.45) is 5.41 Å². The molecule has 0 aliphatic rings. The van der Waals surface area contributed by atoms with Gasteiger partial charge in [0.25, 0.3) is 0 Å². The zero-order valence-corrected chi connectivity index (χ0v) is 23.3. The van der Waals surface area contributed by atoms with Crippen LogP contribution in [0.25, 0.3) is 39.1 Å². The number of allylic oxidation sites excluding steroid dienone is 3. The van der Waals surface area contributed by atoms with Gasteiger partial charge in [0, 0.05) is 49.3 Å². The molecule has 4 heterocycles. The smallest absolute Gasteiger partial charge is 0.159 e. The fourth-order valence-corrected chi connectivity index (χ4v) is 5.11. The minimum Gasteiger partial charge on any atom is -0.358 e. The number of nitrogens with one attached hydrogen (secondary N) is 3. The Bertz CT molecular complexity index is 1690. The van der Waals surface area contributed by atoms with Gasteiger partial charge in [0.1, 0.15) is 5.69 Å². The molecule has 38 heavy (non-hydrogen) atoms. The molecule has 0 saturated heterocycles. The van der Waals surface area contributed by atoms with Crippen molar-refractivity contribution in [2.45, 2.75) is 34.6 Å². The van der Waals surface area contributed by atoms with Crippen LogP contribution in [0.2, 0.25) is 0 Å². The second-order valence-corrected chi connectivity index (χ2v) is 11.7. The molecule has 0 fully saturated rings. The molecular formula is C31H32N6S. The van der Waals surface area contributed by atoms with Crippen molar-refractivity contribution in [1.29, 1.82) is 0 Å². The first-order chi connectivity index (χ1) is 18.1. The highest BCUT2D eigenvalue weighted by atomic mass is 32.1. The summed E-state index contributed by atoms with van der Waals surface area (Å²) >= 11 is 1.75. The van der Waals surface area contributed by atoms with Gasteiger partial charge in [0.2, 0.25) is 0 Å². The van der Waals surface area contributed by atoms with Crippen LogP contribution in [0, 0.1) is 19.3 Å². The number of pyridine rings is 1. The lowest BCUT2D eigenvalue weighted by molar-refractivity contribution is 0.509. The minimum atomic E-state index is -0.0519. The van der Waals surface area contributed by atoms with E-state index in [9.17, 15) is 0 Å². The molecule has 0 atom stereocenters. The van der Waals surface area contributed by atoms with Gasteiger partial charge in [-0.3, -0.25) is 10.1 Å². The fraction of sp³-hybridized carbons (Fsp3) is 0.194. The summed E-state index contributed by atoms with van der Waals surface area (Å²) in [4.78, 5) is 15.3. The second-order valence-electron chi connectivity index (χ2n) is 10.4. The van der Waals surface area contributed by atoms with Gasteiger partial charge in [-0.15, -0.1) is 11.3 Å². The minimum absolute atomic E-state index is 0.0519. The third-order valence-electron chi connectivity index (χ3n) is 6.49. The number of benzene rings is 1. The Morgan fingerprint density at radius 2 is 1.87 bits per heavy atom. The van der Waals surface area contributed by atoms with Crippen LogP contribution in [-0.4, -0.2) is 25.1 Å². The molecule has 0 aliphatic heterocycles. The van der Waals surface area contributed by atoms with Crippen molar-refractivity contribution in [2.75, 3.05) is 5.32 Å². The molecule has 0 saturated carbocycles. The molecule has 7 heteroatoms. The van der Waals surface area contributed by atoms with Crippen LogP contribution in [0.15, 0.2) is 79.8 Å². The molecule has 3 N–H and O–H groups in total. The quantitative estimate of drug-likeness (QED) is 0.189. The monoisotopic (exact) mass is 520 g/mol. The number of nitrogens with zero attached hydrogens (tertiary/aromatic N) is 3. The van der Waals surface area contributed by atoms with Gasteiger partial charge in [0.15, 0.2) is 5.82 Å². The van der Waals surface area contributed by atoms with E-state index in [1.807, 2.05) is 37.5 Å². The number of rotatable bonds is 7. The van der Waals surface area contributed by atoms with E-state index in [4.69, 9.17) is 4.98 Å². The lowest BCUT2D eigenvalue weighted by Crippen LogP contribution is -2.15. The molecular weight excluding hydrogens is 488 g/mol. The molecule has 5 rings (SSSR count). The van der Waals surface area contributed by atoms with Gasteiger partial charge in [-0.1, -0.05) is 52.1 Å². The predicted octanol–water partition coefficient (Wildman–Crippen LogP) is 8.28. The van der Waals surface area contributed by atoms with Crippen LogP contribution in [0.4, 0.5) is 5.69 Å². The number of imidazole rings is 1. The Kier molecular flexibility index (Phi) is 6.63. The Morgan fingerprint density at radius 3 is 2.58 bits per heavy atom. The molecule has 1 aromatic carbocycles. The van der Waals surface area contributed by atoms with E-state index >= 15 is 0 Å². The van der Waals surface area contributed by atoms with Gasteiger partial charge in [-0.25, -0.2) is 4.98 Å². The number of anilines is 1. The van der Waals surface area contributed by atoms with Gasteiger partial charge < -0.3 is 10.3 Å². The number of hydrogen-bond donors (Lipinski definition) is 3. The van der Waals surface area contributed by atoms with Crippen LogP contribution >= 0.6 is 11.3 Å². The summed E-state index contributed by atoms with van der Waals surface area (Å²) < 4.78 is 0. The topological polar surface area (TPSA) is 82.3 Å². The van der Waals surface area contributed by atoms with Gasteiger partial charge in [-0.05, 0) is 49.7 Å². The Balaban J connectivity index is 1.52. The van der Waals surface area contributed by atoms with Gasteiger partial charge in [-0.2, -0.15) is 5.10 Å². The van der Waals surface area contributed by atoms with Crippen molar-refractivity contribution in [3.8, 4) is 22.6 Å². The van der Waals surface area contributed by atoms with Crippen LogP contribution in [0.5, 0.6) is 0 Å². The Morgan fingerprint density at radius 1 is 1.05 bits per heavy atom. The Labute approximate surface area is 227 Å². The summed E-state index contributed by atoms with van der Waals surface area (Å²) in [6.45, 7) is 18.6. The van der Waals surface area contributed by atoms with Crippen LogP contribution in [-0.2, 0) is 0 Å². The molecule has 4 aromatic heterocycles. The molecule has 192 valence electrons. The number of fused-ring (bicyclic) bond motifs is 1. The van der Waals surface area contributed by atoms with E-state index in [2.05, 4.69) is 96.7 Å². The van der Waals surface area contributed by atoms with Crippen molar-refractivity contribution in [1.82, 2.24) is 25.1 Å². The summed E-state index contributed by atoms with van der Waals surface area (Å²) in [7, 11) is 0. The first-order valence-corrected chi connectivity index (χ1v) is 13.3. The number of thiophene rings is 1. The first-order valence-electron chi connectivity index (χ1n) is 12.5. The summed E-state index contributed by atoms with van der Waals surface area (Å²) in [5, 5.41) is 12.2. The van der Waals surface area contributed by atoms with Gasteiger partial charge in [0.05, 0.1) is 23.1 Å². The SMILES string of the molecule is C=C/C=C(/c1ccc(C)s1)c1nc(-c2n[nH]c3ccc(-c4cncc(NC(=C)C(C)(C)C)c4)cc23)[nH]c1C. The first kappa shape index (κ1) is 25.4. The lowest BCUT2D eigenvalue weighted by Gasteiger charge is -2.23. The van der Waals surface area contributed by atoms with Crippen molar-refractivity contribution in [3.63, 3.8) is 0 Å². The van der Waals surface area contributed by atoms with E-state index < -0.39 is 0 Å². The standard InChI is InChI=1S/C31H32N6S/c1-8-9-24(27-13-10-18(2)38-27)28-19(3)33-30(35-28)29-25-15-21(11-12-26(25)36-37-29)22-14-23(17-32-16-22)34-20(4)31(5,6)7/h8-17,34H,1,4H2,2-3,5-7H3,(H,33,35)(H,36,37)/b24-9-. The maximum absolute atomic E-state index is 5.00. The number of H-pyrrole nitrogens is 2. The average molecular weight is 521 g/mol. The predicted molar refractivity (Wildman–Crippen MR) is 160 cm³/mol. The molecule has 0 amide bonds. The highest BCUT2D eigenvalue weighted by Gasteiger charge is 2.19. The van der Waals surface area contributed by atoms with E-state index in [1.165, 1.54) is 4.88 Å². The molecule has 0 radical (unpaired) electrons. The lowest BCUT2D eigenvalue weighted by atomic mass is 9.93. The molecule has 0 bridgehead atoms. The number of aromatic nitrogens is 5. The zero-order chi connectivity index (χ0) is 27.0. The molecule has 0 aliphatic carbocycles. The Hall–Kier alpha value is -4.23. The second kappa shape index (κ2) is 9.91. The fourth-order valence-electron chi connectivity index (χ4n) is 4.21.